The van der Waals surface area contributed by atoms with E-state index in [1.807, 2.05) is 5.09 Å². The Morgan fingerprint density at radius 3 is 1.43 bits per heavy atom. The van der Waals surface area contributed by atoms with Gasteiger partial charge in [0, 0.05) is 0 Å². The molecule has 0 radical (unpaired) electrons. The van der Waals surface area contributed by atoms with Crippen LogP contribution in [0.4, 0.5) is 33.8 Å². The molecule has 2 unspecified atom stereocenters. The van der Waals surface area contributed by atoms with Gasteiger partial charge < -0.3 is 80.2 Å². The molecule has 3 aromatic carbocycles. The fourth-order valence-electron chi connectivity index (χ4n) is 8.78. The highest BCUT2D eigenvalue weighted by molar-refractivity contribution is 7.52. The number of esters is 2. The molecular weight excluding hydrogens is 1250 g/mol. The summed E-state index contributed by atoms with van der Waals surface area (Å²) in [4.78, 5) is 48.8. The highest BCUT2D eigenvalue weighted by Crippen LogP contribution is 2.49. The van der Waals surface area contributed by atoms with Crippen LogP contribution in [0.1, 0.15) is 54.0 Å². The van der Waals surface area contributed by atoms with Gasteiger partial charge in [0.2, 0.25) is 58.5 Å². The third-order valence-corrected chi connectivity index (χ3v) is 16.5. The van der Waals surface area contributed by atoms with Crippen molar-refractivity contribution in [1.29, 1.82) is 0 Å². The van der Waals surface area contributed by atoms with Crippen LogP contribution in [0.2, 0.25) is 0 Å². The summed E-state index contributed by atoms with van der Waals surface area (Å²) >= 11 is 0. The molecule has 0 aliphatic carbocycles. The number of rotatable bonds is 22. The molecule has 4 aromatic heterocycles. The molecular formula is C52H65F5N14O17P2. The maximum Gasteiger partial charge on any atom is 0.513 e. The number of nitrogens with one attached hydrogen (secondary N) is 2. The Bertz CT molecular complexity index is 3730. The van der Waals surface area contributed by atoms with Gasteiger partial charge in [0.15, 0.2) is 34.8 Å². The van der Waals surface area contributed by atoms with E-state index in [0.717, 1.165) is 0 Å². The first-order chi connectivity index (χ1) is 42.5. The zero-order valence-electron chi connectivity index (χ0n) is 49.1. The topological polar surface area (TPSA) is 437 Å². The normalized spacial score (nSPS) is 23.2. The van der Waals surface area contributed by atoms with E-state index in [1.165, 1.54) is 76.5 Å². The zero-order chi connectivity index (χ0) is 66.2. The van der Waals surface area contributed by atoms with E-state index < -0.39 is 129 Å². The summed E-state index contributed by atoms with van der Waals surface area (Å²) in [6.45, 7) is 8.33. The Labute approximate surface area is 508 Å². The highest BCUT2D eigenvalue weighted by Gasteiger charge is 2.54. The number of hydrogen-bond donors (Lipinski definition) is 9. The van der Waals surface area contributed by atoms with E-state index in [1.54, 1.807) is 61.7 Å². The fourth-order valence-corrected chi connectivity index (χ4v) is 11.8. The van der Waals surface area contributed by atoms with E-state index in [4.69, 9.17) is 64.9 Å². The SMILES string of the molecule is CCOC(=O)[C@H](C)NP(=O)(OC[C@H]1O[C@@H](n2cnc3c(OC)nc(N)nc32)[C@](C)(N)[C@@H]1O)Oc1ccccc1.CCOC(=O)[C@H](C)NP(=O)(Oc1ccccc1)Oc1c(F)c(F)c(F)c(F)c1F.COc1nc(N)nc2c1ncn2[C@@H]1O[C@H](CO)[C@@H](O)[C@@]1(C)N. The van der Waals surface area contributed by atoms with E-state index in [9.17, 15) is 56.0 Å². The number of aromatic nitrogens is 8. The van der Waals surface area contributed by atoms with Gasteiger partial charge in [-0.15, -0.1) is 0 Å². The quantitative estimate of drug-likeness (QED) is 0.0152. The summed E-state index contributed by atoms with van der Waals surface area (Å²) in [7, 11) is -6.21. The maximum atomic E-state index is 13.9. The molecule has 7 aromatic rings. The van der Waals surface area contributed by atoms with Gasteiger partial charge in [-0.3, -0.25) is 23.2 Å². The molecule has 2 saturated heterocycles. The summed E-state index contributed by atoms with van der Waals surface area (Å²) in [5.74, 6) is -14.7. The van der Waals surface area contributed by atoms with Crippen molar-refractivity contribution in [1.82, 2.24) is 49.2 Å². The lowest BCUT2D eigenvalue weighted by Crippen LogP contribution is -2.52. The number of methoxy groups -OCH3 is 2. The maximum absolute atomic E-state index is 13.9. The Balaban J connectivity index is 0.000000200. The number of carbonyl (C=O) groups excluding carboxylic acids is 2. The molecule has 490 valence electrons. The van der Waals surface area contributed by atoms with Crippen molar-refractivity contribution in [2.75, 3.05) is 52.1 Å². The average molecular weight is 1320 g/mol. The third-order valence-electron chi connectivity index (χ3n) is 13.2. The minimum absolute atomic E-state index is 0.0158. The summed E-state index contributed by atoms with van der Waals surface area (Å²) in [5.41, 5.74) is 23.0. The number of imidazole rings is 2. The third kappa shape index (κ3) is 15.2. The van der Waals surface area contributed by atoms with Crippen molar-refractivity contribution < 1.29 is 103 Å². The molecule has 2 aliphatic rings. The molecule has 6 heterocycles. The monoisotopic (exact) mass is 1310 g/mol. The van der Waals surface area contributed by atoms with E-state index in [0.29, 0.717) is 16.7 Å². The number of hydrogen-bond acceptors (Lipinski definition) is 27. The minimum Gasteiger partial charge on any atom is -0.479 e. The molecule has 38 heteroatoms. The van der Waals surface area contributed by atoms with Gasteiger partial charge in [0.1, 0.15) is 48.0 Å². The van der Waals surface area contributed by atoms with Crippen LogP contribution in [0.5, 0.6) is 29.0 Å². The molecule has 2 aliphatic heterocycles. The van der Waals surface area contributed by atoms with Gasteiger partial charge in [0.25, 0.3) is 0 Å². The first kappa shape index (κ1) is 69.5. The van der Waals surface area contributed by atoms with Crippen LogP contribution in [0, 0.1) is 29.1 Å². The number of ether oxygens (including phenoxy) is 6. The van der Waals surface area contributed by atoms with Crippen LogP contribution in [0.3, 0.4) is 0 Å². The molecule has 13 N–H and O–H groups in total. The second-order valence-electron chi connectivity index (χ2n) is 20.0. The lowest BCUT2D eigenvalue weighted by atomic mass is 9.93. The van der Waals surface area contributed by atoms with E-state index >= 15 is 0 Å². The number of fused-ring (bicyclic) bond motifs is 2. The van der Waals surface area contributed by atoms with Crippen LogP contribution in [0.25, 0.3) is 22.3 Å². The van der Waals surface area contributed by atoms with Crippen molar-refractivity contribution in [3.63, 3.8) is 0 Å². The summed E-state index contributed by atoms with van der Waals surface area (Å²) in [5, 5.41) is 35.2. The van der Waals surface area contributed by atoms with Gasteiger partial charge in [-0.05, 0) is 65.8 Å². The van der Waals surface area contributed by atoms with Crippen LogP contribution >= 0.6 is 15.5 Å². The van der Waals surface area contributed by atoms with Gasteiger partial charge in [0.05, 0.1) is 64.4 Å². The first-order valence-corrected chi connectivity index (χ1v) is 29.9. The van der Waals surface area contributed by atoms with Gasteiger partial charge >= 0.3 is 27.4 Å². The number of anilines is 2. The average Bonchev–Trinajstić information content (AvgIpc) is 1.65. The van der Waals surface area contributed by atoms with Crippen molar-refractivity contribution in [2.24, 2.45) is 11.5 Å². The lowest BCUT2D eigenvalue weighted by Gasteiger charge is -2.28. The molecule has 31 nitrogen and oxygen atoms in total. The van der Waals surface area contributed by atoms with E-state index in [-0.39, 0.29) is 60.6 Å². The molecule has 0 bridgehead atoms. The number of halogens is 5. The first-order valence-electron chi connectivity index (χ1n) is 26.9. The summed E-state index contributed by atoms with van der Waals surface area (Å²) < 4.78 is 151. The number of nitrogens with zero attached hydrogens (tertiary/aromatic N) is 8. The number of benzene rings is 3. The molecule has 90 heavy (non-hydrogen) atoms. The number of nitrogen functional groups attached to an aromatic ring is 2. The molecule has 0 saturated carbocycles. The Morgan fingerprint density at radius 2 is 1.03 bits per heavy atom. The van der Waals surface area contributed by atoms with Crippen LogP contribution in [-0.2, 0) is 42.2 Å². The predicted octanol–water partition coefficient (Wildman–Crippen LogP) is 4.01. The number of carbonyl (C=O) groups is 2. The molecule has 0 spiro atoms. The molecule has 12 atom stereocenters. The predicted molar refractivity (Wildman–Crippen MR) is 305 cm³/mol. The largest absolute Gasteiger partial charge is 0.513 e. The van der Waals surface area contributed by atoms with Crippen molar-refractivity contribution in [3.05, 3.63) is 102 Å². The zero-order valence-corrected chi connectivity index (χ0v) is 50.9. The van der Waals surface area contributed by atoms with Crippen LogP contribution in [0.15, 0.2) is 73.3 Å². The molecule has 2 fully saturated rings. The second-order valence-corrected chi connectivity index (χ2v) is 23.3. The van der Waals surface area contributed by atoms with Gasteiger partial charge in [-0.1, -0.05) is 36.4 Å². The Morgan fingerprint density at radius 1 is 0.644 bits per heavy atom. The van der Waals surface area contributed by atoms with Gasteiger partial charge in [-0.2, -0.15) is 38.9 Å². The Kier molecular flexibility index (Phi) is 22.3. The van der Waals surface area contributed by atoms with E-state index in [2.05, 4.69) is 39.5 Å². The standard InChI is InChI=1S/C23H32N7O8P.C17H15F5NO5P.C12H18N6O4/c1-5-35-20(32)13(2)29-39(33,38-14-9-7-6-8-10-14)36-11-15-17(31)23(3,25)21(37-15)30-12-26-16-18(30)27-22(24)28-19(16)34-4;1-3-26-17(24)9(2)23-29(25,27-10-7-5-4-6-8-10)28-16-14(21)12(19)11(18)13(20)15(16)22;1-12(14)7(20)5(3-19)22-10(12)18-4-15-6-8(18)16-11(13)17-9(6)21-2/h6-10,12-13,15,17,21,31H,5,11,25H2,1-4H3,(H,29,33)(H2,24,27,28);4-9H,3H2,1-2H3,(H,23,25);4-5,7,10,19-20H,3,14H2,1-2H3,(H2,13,16,17)/t13-,15+,17+,21+,23+,39?;9-,29?;5-,7-,10-,12-/m001/s1. The number of para-hydroxylation sites is 2. The number of aliphatic hydroxyl groups is 3. The Hall–Kier alpha value is -7.99. The summed E-state index contributed by atoms with van der Waals surface area (Å²) in [6, 6.07) is 12.9. The molecule has 9 rings (SSSR count). The lowest BCUT2D eigenvalue weighted by molar-refractivity contribution is -0.145. The van der Waals surface area contributed by atoms with Crippen molar-refractivity contribution >= 4 is 61.7 Å². The molecule has 0 amide bonds. The van der Waals surface area contributed by atoms with Crippen LogP contribution < -0.4 is 56.2 Å². The highest BCUT2D eigenvalue weighted by atomic mass is 31.2. The van der Waals surface area contributed by atoms with Crippen LogP contribution in [-0.4, -0.2) is 155 Å². The van der Waals surface area contributed by atoms with Gasteiger partial charge in [-0.25, -0.2) is 32.3 Å². The fraction of sp³-hybridized carbons (Fsp3) is 0.423. The minimum atomic E-state index is -4.89. The smallest absolute Gasteiger partial charge is 0.479 e. The number of aliphatic hydroxyl groups excluding tert-OH is 3. The van der Waals surface area contributed by atoms with Crippen molar-refractivity contribution in [2.45, 2.75) is 102 Å². The van der Waals surface area contributed by atoms with Crippen molar-refractivity contribution in [3.8, 4) is 29.0 Å². The number of nitrogens with two attached hydrogens (primary N) is 4. The second kappa shape index (κ2) is 28.9. The summed E-state index contributed by atoms with van der Waals surface area (Å²) in [6.07, 6.45) is -3.05.